The smallest absolute Gasteiger partial charge is 0.407 e. The highest BCUT2D eigenvalue weighted by Crippen LogP contribution is 2.07. The van der Waals surface area contributed by atoms with Gasteiger partial charge in [-0.2, -0.15) is 0 Å². The molecule has 2 atom stereocenters. The quantitative estimate of drug-likeness (QED) is 0.601. The van der Waals surface area contributed by atoms with Gasteiger partial charge in [-0.05, 0) is 27.7 Å². The van der Waals surface area contributed by atoms with E-state index in [1.807, 2.05) is 0 Å². The first-order chi connectivity index (χ1) is 9.03. The second-order valence-corrected chi connectivity index (χ2v) is 5.16. The molecule has 116 valence electrons. The zero-order valence-corrected chi connectivity index (χ0v) is 12.0. The molecule has 0 aromatic rings. The molecule has 8 nitrogen and oxygen atoms in total. The lowest BCUT2D eigenvalue weighted by atomic mass is 10.2. The van der Waals surface area contributed by atoms with Crippen molar-refractivity contribution in [2.75, 3.05) is 6.54 Å². The van der Waals surface area contributed by atoms with Crippen LogP contribution < -0.4 is 5.32 Å². The van der Waals surface area contributed by atoms with E-state index in [0.29, 0.717) is 0 Å². The van der Waals surface area contributed by atoms with Crippen LogP contribution in [0.3, 0.4) is 0 Å². The van der Waals surface area contributed by atoms with E-state index in [4.69, 9.17) is 14.9 Å². The lowest BCUT2D eigenvalue weighted by Crippen LogP contribution is -2.37. The van der Waals surface area contributed by atoms with Gasteiger partial charge in [0.25, 0.3) is 0 Å². The highest BCUT2D eigenvalue weighted by molar-refractivity contribution is 5.80. The second-order valence-electron chi connectivity index (χ2n) is 5.16. The average molecular weight is 291 g/mol. The number of alkyl carbamates (subject to hydrolysis) is 1. The summed E-state index contributed by atoms with van der Waals surface area (Å²) in [5, 5.41) is 20.1. The van der Waals surface area contributed by atoms with Crippen LogP contribution in [0.1, 0.15) is 34.1 Å². The Balaban J connectivity index is 4.20. The maximum atomic E-state index is 11.3. The van der Waals surface area contributed by atoms with Gasteiger partial charge in [0, 0.05) is 13.0 Å². The van der Waals surface area contributed by atoms with Crippen molar-refractivity contribution in [2.24, 2.45) is 0 Å². The van der Waals surface area contributed by atoms with Gasteiger partial charge in [0.05, 0.1) is 0 Å². The van der Waals surface area contributed by atoms with Gasteiger partial charge in [0.1, 0.15) is 11.7 Å². The van der Waals surface area contributed by atoms with Crippen LogP contribution in [-0.4, -0.2) is 52.6 Å². The number of carbonyl (C=O) groups excluding carboxylic acids is 2. The number of ether oxygens (including phenoxy) is 2. The molecule has 1 amide bonds. The molecule has 0 rings (SSSR count). The minimum absolute atomic E-state index is 0.0427. The van der Waals surface area contributed by atoms with Gasteiger partial charge in [-0.3, -0.25) is 0 Å². The third-order valence-corrected chi connectivity index (χ3v) is 1.95. The molecule has 3 N–H and O–H groups in total. The van der Waals surface area contributed by atoms with Crippen molar-refractivity contribution in [2.45, 2.75) is 51.9 Å². The monoisotopic (exact) mass is 291 g/mol. The van der Waals surface area contributed by atoms with Gasteiger partial charge in [-0.25, -0.2) is 14.4 Å². The molecule has 0 bridgehead atoms. The number of nitrogens with one attached hydrogen (secondary N) is 1. The molecule has 0 saturated carbocycles. The number of esters is 1. The van der Waals surface area contributed by atoms with E-state index in [1.165, 1.54) is 6.92 Å². The number of aliphatic hydroxyl groups is 1. The Morgan fingerprint density at radius 3 is 2.20 bits per heavy atom. The summed E-state index contributed by atoms with van der Waals surface area (Å²) >= 11 is 0. The highest BCUT2D eigenvalue weighted by atomic mass is 16.6. The first-order valence-electron chi connectivity index (χ1n) is 6.11. The van der Waals surface area contributed by atoms with Gasteiger partial charge < -0.3 is 25.0 Å². The molecule has 0 fully saturated rings. The fourth-order valence-electron chi connectivity index (χ4n) is 1.09. The summed E-state index contributed by atoms with van der Waals surface area (Å²) in [6.07, 6.45) is -3.67. The van der Waals surface area contributed by atoms with Crippen LogP contribution in [0.5, 0.6) is 0 Å². The minimum Gasteiger partial charge on any atom is -0.479 e. The number of aliphatic carboxylic acids is 1. The van der Waals surface area contributed by atoms with Crippen molar-refractivity contribution in [1.29, 1.82) is 0 Å². The number of amides is 1. The lowest BCUT2D eigenvalue weighted by molar-refractivity contribution is -0.169. The molecule has 0 radical (unpaired) electrons. The molecule has 0 aromatic heterocycles. The number of hydrogen-bond donors (Lipinski definition) is 3. The van der Waals surface area contributed by atoms with Gasteiger partial charge in [-0.15, -0.1) is 0 Å². The Kier molecular flexibility index (Phi) is 6.98. The van der Waals surface area contributed by atoms with E-state index in [0.717, 1.165) is 0 Å². The molecular weight excluding hydrogens is 270 g/mol. The predicted octanol–water partition coefficient (Wildman–Crippen LogP) is 0.278. The van der Waals surface area contributed by atoms with Crippen molar-refractivity contribution in [3.8, 4) is 0 Å². The minimum atomic E-state index is -1.44. The standard InChI is InChI=1S/C12H21NO7/c1-7(14)10(17)19-8(9(15)16)5-6-13-11(18)20-12(2,3)4/h7-8,14H,5-6H2,1-4H3,(H,13,18)(H,15,16). The van der Waals surface area contributed by atoms with Crippen molar-refractivity contribution < 1.29 is 34.1 Å². The van der Waals surface area contributed by atoms with Crippen molar-refractivity contribution in [3.63, 3.8) is 0 Å². The summed E-state index contributed by atoms with van der Waals surface area (Å²) in [5.74, 6) is -2.39. The largest absolute Gasteiger partial charge is 0.479 e. The van der Waals surface area contributed by atoms with Crippen LogP contribution in [0.4, 0.5) is 4.79 Å². The summed E-state index contributed by atoms with van der Waals surface area (Å²) in [5.41, 5.74) is -0.658. The summed E-state index contributed by atoms with van der Waals surface area (Å²) in [4.78, 5) is 33.3. The van der Waals surface area contributed by atoms with Crippen molar-refractivity contribution in [3.05, 3.63) is 0 Å². The van der Waals surface area contributed by atoms with E-state index in [9.17, 15) is 14.4 Å². The van der Waals surface area contributed by atoms with Crippen molar-refractivity contribution >= 4 is 18.0 Å². The zero-order chi connectivity index (χ0) is 15.9. The third-order valence-electron chi connectivity index (χ3n) is 1.95. The number of rotatable bonds is 6. The third kappa shape index (κ3) is 8.30. The number of aliphatic hydroxyl groups excluding tert-OH is 1. The summed E-state index contributed by atoms with van der Waals surface area (Å²) in [7, 11) is 0. The van der Waals surface area contributed by atoms with Crippen LogP contribution in [0.25, 0.3) is 0 Å². The normalized spacial score (nSPS) is 14.1. The number of hydrogen-bond acceptors (Lipinski definition) is 6. The van der Waals surface area contributed by atoms with E-state index >= 15 is 0 Å². The first kappa shape index (κ1) is 18.2. The van der Waals surface area contributed by atoms with E-state index in [1.54, 1.807) is 20.8 Å². The van der Waals surface area contributed by atoms with Crippen LogP contribution in [0.2, 0.25) is 0 Å². The highest BCUT2D eigenvalue weighted by Gasteiger charge is 2.24. The SMILES string of the molecule is CC(O)C(=O)OC(CCNC(=O)OC(C)(C)C)C(=O)O. The van der Waals surface area contributed by atoms with Crippen LogP contribution >= 0.6 is 0 Å². The van der Waals surface area contributed by atoms with E-state index in [-0.39, 0.29) is 13.0 Å². The topological polar surface area (TPSA) is 122 Å². The second kappa shape index (κ2) is 7.68. The predicted molar refractivity (Wildman–Crippen MR) is 68.1 cm³/mol. The van der Waals surface area contributed by atoms with Crippen molar-refractivity contribution in [1.82, 2.24) is 5.32 Å². The van der Waals surface area contributed by atoms with E-state index in [2.05, 4.69) is 10.1 Å². The Bertz CT molecular complexity index is 359. The number of carboxylic acids is 1. The molecule has 0 aliphatic rings. The molecule has 20 heavy (non-hydrogen) atoms. The molecule has 0 aliphatic heterocycles. The molecule has 8 heteroatoms. The fourth-order valence-corrected chi connectivity index (χ4v) is 1.09. The molecular formula is C12H21NO7. The van der Waals surface area contributed by atoms with Gasteiger partial charge in [-0.1, -0.05) is 0 Å². The maximum Gasteiger partial charge on any atom is 0.407 e. The zero-order valence-electron chi connectivity index (χ0n) is 12.0. The Morgan fingerprint density at radius 2 is 1.80 bits per heavy atom. The summed E-state index contributed by atoms with van der Waals surface area (Å²) in [6, 6.07) is 0. The Labute approximate surface area is 117 Å². The Morgan fingerprint density at radius 1 is 1.25 bits per heavy atom. The summed E-state index contributed by atoms with van der Waals surface area (Å²) in [6.45, 7) is 6.20. The van der Waals surface area contributed by atoms with Gasteiger partial charge in [0.15, 0.2) is 6.10 Å². The number of carboxylic acid groups (broad SMARTS) is 1. The molecule has 0 saturated heterocycles. The summed E-state index contributed by atoms with van der Waals surface area (Å²) < 4.78 is 9.53. The molecule has 2 unspecified atom stereocenters. The van der Waals surface area contributed by atoms with Crippen LogP contribution in [0.15, 0.2) is 0 Å². The molecule has 0 aromatic carbocycles. The number of carbonyl (C=O) groups is 3. The maximum absolute atomic E-state index is 11.3. The van der Waals surface area contributed by atoms with Gasteiger partial charge in [0.2, 0.25) is 0 Å². The van der Waals surface area contributed by atoms with E-state index < -0.39 is 35.8 Å². The molecule has 0 spiro atoms. The average Bonchev–Trinajstić information content (AvgIpc) is 2.24. The molecule has 0 aliphatic carbocycles. The van der Waals surface area contributed by atoms with Crippen LogP contribution in [-0.2, 0) is 19.1 Å². The Hall–Kier alpha value is -1.83. The molecule has 0 heterocycles. The lowest BCUT2D eigenvalue weighted by Gasteiger charge is -2.20. The fraction of sp³-hybridized carbons (Fsp3) is 0.750. The van der Waals surface area contributed by atoms with Gasteiger partial charge >= 0.3 is 18.0 Å². The van der Waals surface area contributed by atoms with Crippen LogP contribution in [0, 0.1) is 0 Å². The first-order valence-corrected chi connectivity index (χ1v) is 6.11.